The molecule has 2 aromatic rings. The van der Waals surface area contributed by atoms with Gasteiger partial charge < -0.3 is 15.0 Å². The number of nitrogens with zero attached hydrogens (tertiary/aromatic N) is 1. The fourth-order valence-corrected chi connectivity index (χ4v) is 3.33. The molecule has 6 heteroatoms. The predicted octanol–water partition coefficient (Wildman–Crippen LogP) is 4.72. The number of benzene rings is 2. The number of carbonyl (C=O) groups excluding carboxylic acids is 1. The van der Waals surface area contributed by atoms with E-state index < -0.39 is 0 Å². The number of nitrogens with one attached hydrogen (secondary N) is 1. The summed E-state index contributed by atoms with van der Waals surface area (Å²) in [4.78, 5) is 14.6. The van der Waals surface area contributed by atoms with E-state index in [0.29, 0.717) is 21.3 Å². The van der Waals surface area contributed by atoms with Crippen molar-refractivity contribution in [2.45, 2.75) is 18.9 Å². The molecule has 2 aromatic carbocycles. The van der Waals surface area contributed by atoms with Crippen molar-refractivity contribution in [1.82, 2.24) is 4.90 Å². The van der Waals surface area contributed by atoms with Crippen molar-refractivity contribution in [3.05, 3.63) is 58.1 Å². The van der Waals surface area contributed by atoms with Gasteiger partial charge in [0.25, 0.3) is 5.91 Å². The van der Waals surface area contributed by atoms with Gasteiger partial charge in [0, 0.05) is 34.4 Å². The summed E-state index contributed by atoms with van der Waals surface area (Å²) in [6, 6.07) is 12.2. The van der Waals surface area contributed by atoms with Gasteiger partial charge in [-0.15, -0.1) is 0 Å². The highest BCUT2D eigenvalue weighted by Gasteiger charge is 2.18. The Bertz CT molecular complexity index is 721. The zero-order valence-corrected chi connectivity index (χ0v) is 15.5. The van der Waals surface area contributed by atoms with Gasteiger partial charge in [0.15, 0.2) is 0 Å². The molecule has 0 spiro atoms. The first-order valence-corrected chi connectivity index (χ1v) is 8.98. The number of piperidine rings is 1. The first kappa shape index (κ1) is 18.1. The molecular formula is C19H20Cl2N2O2. The van der Waals surface area contributed by atoms with Crippen LogP contribution >= 0.6 is 23.2 Å². The number of hydrogen-bond donors (Lipinski definition) is 1. The number of ether oxygens (including phenoxy) is 1. The summed E-state index contributed by atoms with van der Waals surface area (Å²) >= 11 is 11.9. The number of halogens is 2. The highest BCUT2D eigenvalue weighted by atomic mass is 35.5. The summed E-state index contributed by atoms with van der Waals surface area (Å²) < 4.78 is 6.01. The van der Waals surface area contributed by atoms with Gasteiger partial charge in [0.05, 0.1) is 0 Å². The zero-order valence-electron chi connectivity index (χ0n) is 14.0. The molecule has 132 valence electrons. The normalized spacial score (nSPS) is 15.8. The quantitative estimate of drug-likeness (QED) is 0.836. The molecule has 3 rings (SSSR count). The Morgan fingerprint density at radius 2 is 1.68 bits per heavy atom. The third kappa shape index (κ3) is 5.11. The largest absolute Gasteiger partial charge is 0.490 e. The summed E-state index contributed by atoms with van der Waals surface area (Å²) in [5, 5.41) is 3.69. The van der Waals surface area contributed by atoms with Crippen LogP contribution in [0.3, 0.4) is 0 Å². The lowest BCUT2D eigenvalue weighted by atomic mass is 10.1. The van der Waals surface area contributed by atoms with Gasteiger partial charge >= 0.3 is 0 Å². The molecule has 4 nitrogen and oxygen atoms in total. The van der Waals surface area contributed by atoms with Crippen LogP contribution in [-0.2, 0) is 0 Å². The van der Waals surface area contributed by atoms with Crippen LogP contribution in [0.1, 0.15) is 23.2 Å². The van der Waals surface area contributed by atoms with Crippen molar-refractivity contribution in [2.75, 3.05) is 25.5 Å². The van der Waals surface area contributed by atoms with E-state index in [4.69, 9.17) is 27.9 Å². The zero-order chi connectivity index (χ0) is 17.8. The Morgan fingerprint density at radius 3 is 2.28 bits per heavy atom. The van der Waals surface area contributed by atoms with Crippen molar-refractivity contribution < 1.29 is 9.53 Å². The molecule has 0 aromatic heterocycles. The second kappa shape index (κ2) is 8.09. The molecule has 1 N–H and O–H groups in total. The van der Waals surface area contributed by atoms with Gasteiger partial charge in [0.1, 0.15) is 11.9 Å². The minimum absolute atomic E-state index is 0.255. The molecule has 0 atom stereocenters. The van der Waals surface area contributed by atoms with Crippen LogP contribution in [0.25, 0.3) is 0 Å². The average Bonchev–Trinajstić information content (AvgIpc) is 2.58. The Labute approximate surface area is 157 Å². The highest BCUT2D eigenvalue weighted by Crippen LogP contribution is 2.23. The second-order valence-electron chi connectivity index (χ2n) is 6.26. The number of likely N-dealkylation sites (tertiary alicyclic amines) is 1. The molecule has 25 heavy (non-hydrogen) atoms. The smallest absolute Gasteiger partial charge is 0.255 e. The van der Waals surface area contributed by atoms with Crippen molar-refractivity contribution in [3.8, 4) is 5.75 Å². The van der Waals surface area contributed by atoms with E-state index in [1.54, 1.807) is 18.2 Å². The van der Waals surface area contributed by atoms with E-state index in [1.807, 2.05) is 24.3 Å². The van der Waals surface area contributed by atoms with Crippen LogP contribution in [0.4, 0.5) is 5.69 Å². The van der Waals surface area contributed by atoms with Crippen LogP contribution < -0.4 is 10.1 Å². The molecule has 1 heterocycles. The lowest BCUT2D eigenvalue weighted by Crippen LogP contribution is -2.35. The molecule has 1 aliphatic rings. The van der Waals surface area contributed by atoms with Crippen molar-refractivity contribution in [3.63, 3.8) is 0 Å². The highest BCUT2D eigenvalue weighted by molar-refractivity contribution is 6.35. The first-order valence-electron chi connectivity index (χ1n) is 8.22. The Morgan fingerprint density at radius 1 is 1.08 bits per heavy atom. The monoisotopic (exact) mass is 378 g/mol. The molecule has 0 aliphatic carbocycles. The van der Waals surface area contributed by atoms with Crippen molar-refractivity contribution in [2.24, 2.45) is 0 Å². The van der Waals surface area contributed by atoms with E-state index in [-0.39, 0.29) is 12.0 Å². The third-order valence-corrected chi connectivity index (χ3v) is 4.64. The molecule has 1 saturated heterocycles. The summed E-state index contributed by atoms with van der Waals surface area (Å²) in [6.45, 7) is 2.11. The molecule has 1 amide bonds. The summed E-state index contributed by atoms with van der Waals surface area (Å²) in [7, 11) is 2.13. The van der Waals surface area contributed by atoms with E-state index in [2.05, 4.69) is 17.3 Å². The minimum atomic E-state index is -0.256. The second-order valence-corrected chi connectivity index (χ2v) is 7.13. The van der Waals surface area contributed by atoms with Gasteiger partial charge in [-0.1, -0.05) is 23.2 Å². The molecule has 0 unspecified atom stereocenters. The number of amides is 1. The Hall–Kier alpha value is -1.75. The van der Waals surface area contributed by atoms with Crippen molar-refractivity contribution >= 4 is 34.8 Å². The maximum Gasteiger partial charge on any atom is 0.255 e. The lowest BCUT2D eigenvalue weighted by molar-refractivity contribution is 0.102. The van der Waals surface area contributed by atoms with Crippen molar-refractivity contribution in [1.29, 1.82) is 0 Å². The molecule has 0 saturated carbocycles. The Kier molecular flexibility index (Phi) is 5.84. The predicted molar refractivity (Wildman–Crippen MR) is 102 cm³/mol. The van der Waals surface area contributed by atoms with E-state index in [0.717, 1.165) is 31.7 Å². The van der Waals surface area contributed by atoms with Crippen LogP contribution in [0.2, 0.25) is 10.0 Å². The summed E-state index contributed by atoms with van der Waals surface area (Å²) in [5.74, 6) is 0.562. The third-order valence-electron chi connectivity index (χ3n) is 4.21. The van der Waals surface area contributed by atoms with Crippen LogP contribution in [-0.4, -0.2) is 37.0 Å². The number of hydrogen-bond acceptors (Lipinski definition) is 3. The fourth-order valence-electron chi connectivity index (χ4n) is 2.80. The van der Waals surface area contributed by atoms with Gasteiger partial charge in [0.2, 0.25) is 0 Å². The summed E-state index contributed by atoms with van der Waals surface area (Å²) in [5.41, 5.74) is 1.11. The topological polar surface area (TPSA) is 41.6 Å². The van der Waals surface area contributed by atoms with Gasteiger partial charge in [-0.3, -0.25) is 4.79 Å². The van der Waals surface area contributed by atoms with Crippen LogP contribution in [0.5, 0.6) is 5.75 Å². The number of carbonyl (C=O) groups is 1. The minimum Gasteiger partial charge on any atom is -0.490 e. The fraction of sp³-hybridized carbons (Fsp3) is 0.316. The molecular weight excluding hydrogens is 359 g/mol. The standard InChI is InChI=1S/C19H20Cl2N2O2/c1-23-8-6-18(7-9-23)25-17-4-2-16(3-5-17)22-19(24)13-10-14(20)12-15(21)11-13/h2-5,10-12,18H,6-9H2,1H3,(H,22,24). The van der Waals surface area contributed by atoms with E-state index in [9.17, 15) is 4.79 Å². The number of anilines is 1. The SMILES string of the molecule is CN1CCC(Oc2ccc(NC(=O)c3cc(Cl)cc(Cl)c3)cc2)CC1. The number of rotatable bonds is 4. The average molecular weight is 379 g/mol. The summed E-state index contributed by atoms with van der Waals surface area (Å²) in [6.07, 6.45) is 2.32. The van der Waals surface area contributed by atoms with Gasteiger partial charge in [-0.25, -0.2) is 0 Å². The van der Waals surface area contributed by atoms with E-state index >= 15 is 0 Å². The molecule has 1 fully saturated rings. The lowest BCUT2D eigenvalue weighted by Gasteiger charge is -2.29. The first-order chi connectivity index (χ1) is 12.0. The molecule has 0 radical (unpaired) electrons. The Balaban J connectivity index is 1.59. The van der Waals surface area contributed by atoms with Crippen LogP contribution in [0.15, 0.2) is 42.5 Å². The molecule has 1 aliphatic heterocycles. The maximum absolute atomic E-state index is 12.3. The van der Waals surface area contributed by atoms with Gasteiger partial charge in [-0.05, 0) is 62.4 Å². The van der Waals surface area contributed by atoms with Crippen LogP contribution in [0, 0.1) is 0 Å². The van der Waals surface area contributed by atoms with Gasteiger partial charge in [-0.2, -0.15) is 0 Å². The van der Waals surface area contributed by atoms with E-state index in [1.165, 1.54) is 0 Å². The molecule has 0 bridgehead atoms. The maximum atomic E-state index is 12.3.